The van der Waals surface area contributed by atoms with E-state index in [0.29, 0.717) is 5.95 Å². The molecule has 1 saturated carbocycles. The highest BCUT2D eigenvalue weighted by Crippen LogP contribution is 2.39. The highest BCUT2D eigenvalue weighted by Gasteiger charge is 2.31. The van der Waals surface area contributed by atoms with E-state index >= 15 is 0 Å². The first-order chi connectivity index (χ1) is 18.2. The summed E-state index contributed by atoms with van der Waals surface area (Å²) in [6.45, 7) is 8.95. The fraction of sp³-hybridized carbons (Fsp3) is 0.586. The Morgan fingerprint density at radius 3 is 2.45 bits per heavy atom. The lowest BCUT2D eigenvalue weighted by atomic mass is 9.83. The van der Waals surface area contributed by atoms with Crippen LogP contribution in [0.5, 0.6) is 0 Å². The van der Waals surface area contributed by atoms with Crippen molar-refractivity contribution in [3.05, 3.63) is 42.2 Å². The van der Waals surface area contributed by atoms with Gasteiger partial charge in [-0.1, -0.05) is 24.3 Å². The molecule has 5 rings (SSSR count). The van der Waals surface area contributed by atoms with Crippen LogP contribution in [-0.2, 0) is 6.54 Å². The summed E-state index contributed by atoms with van der Waals surface area (Å²) in [5.41, 5.74) is 3.64. The highest BCUT2D eigenvalue weighted by atomic mass is 19.3. The van der Waals surface area contributed by atoms with Gasteiger partial charge in [0.25, 0.3) is 0 Å². The molecule has 2 N–H and O–H groups in total. The molecule has 0 unspecified atom stereocenters. The number of aromatic nitrogens is 3. The zero-order valence-corrected chi connectivity index (χ0v) is 22.7. The number of benzene rings is 1. The van der Waals surface area contributed by atoms with Gasteiger partial charge in [-0.05, 0) is 57.7 Å². The minimum absolute atomic E-state index is 0.212. The number of alkyl halides is 2. The van der Waals surface area contributed by atoms with Crippen molar-refractivity contribution >= 4 is 17.0 Å². The van der Waals surface area contributed by atoms with E-state index in [1.165, 1.54) is 5.56 Å². The molecule has 0 amide bonds. The molecular formula is C29H40F2N6O. The maximum Gasteiger partial charge on any atom is 0.240 e. The van der Waals surface area contributed by atoms with Crippen LogP contribution < -0.4 is 5.32 Å². The summed E-state index contributed by atoms with van der Waals surface area (Å²) < 4.78 is 27.9. The fourth-order valence-corrected chi connectivity index (χ4v) is 5.71. The Hall–Kier alpha value is -2.62. The summed E-state index contributed by atoms with van der Waals surface area (Å²) in [5, 5.41) is 14.5. The summed E-state index contributed by atoms with van der Waals surface area (Å²) in [6.07, 6.45) is 4.50. The number of anilines is 1. The zero-order valence-electron chi connectivity index (χ0n) is 22.7. The molecular weight excluding hydrogens is 486 g/mol. The molecule has 206 valence electrons. The first-order valence-corrected chi connectivity index (χ1v) is 13.8. The van der Waals surface area contributed by atoms with Gasteiger partial charge in [0.1, 0.15) is 5.65 Å². The van der Waals surface area contributed by atoms with Crippen LogP contribution >= 0.6 is 0 Å². The number of nitrogens with zero attached hydrogens (tertiary/aromatic N) is 5. The van der Waals surface area contributed by atoms with Crippen molar-refractivity contribution in [2.24, 2.45) is 0 Å². The number of aliphatic hydroxyl groups is 1. The minimum atomic E-state index is -2.38. The largest absolute Gasteiger partial charge is 0.390 e. The van der Waals surface area contributed by atoms with E-state index in [4.69, 9.17) is 4.98 Å². The first-order valence-electron chi connectivity index (χ1n) is 13.8. The summed E-state index contributed by atoms with van der Waals surface area (Å²) in [7, 11) is 2.17. The third kappa shape index (κ3) is 6.33. The van der Waals surface area contributed by atoms with Gasteiger partial charge in [-0.25, -0.2) is 13.8 Å². The van der Waals surface area contributed by atoms with Crippen LogP contribution in [0.15, 0.2) is 36.7 Å². The van der Waals surface area contributed by atoms with Gasteiger partial charge in [-0.2, -0.15) is 4.98 Å². The van der Waals surface area contributed by atoms with Crippen molar-refractivity contribution < 1.29 is 13.9 Å². The third-order valence-corrected chi connectivity index (χ3v) is 8.17. The lowest BCUT2D eigenvalue weighted by molar-refractivity contribution is 0.0104. The summed E-state index contributed by atoms with van der Waals surface area (Å²) in [5.74, 6) is 0.363. The maximum absolute atomic E-state index is 12.9. The average molecular weight is 527 g/mol. The van der Waals surface area contributed by atoms with Gasteiger partial charge in [-0.3, -0.25) is 4.90 Å². The lowest BCUT2D eigenvalue weighted by Crippen LogP contribution is -2.43. The second-order valence-corrected chi connectivity index (χ2v) is 11.6. The molecule has 0 bridgehead atoms. The summed E-state index contributed by atoms with van der Waals surface area (Å²) in [6, 6.07) is 8.53. The summed E-state index contributed by atoms with van der Waals surface area (Å²) >= 11 is 0. The van der Waals surface area contributed by atoms with Crippen LogP contribution in [0.3, 0.4) is 0 Å². The van der Waals surface area contributed by atoms with Crippen LogP contribution in [0.25, 0.3) is 22.2 Å². The molecule has 3 heterocycles. The highest BCUT2D eigenvalue weighted by molar-refractivity contribution is 5.94. The number of fused-ring (bicyclic) bond motifs is 1. The molecule has 2 fully saturated rings. The van der Waals surface area contributed by atoms with Crippen molar-refractivity contribution in [1.29, 1.82) is 0 Å². The standard InChI is InChI=1S/C29H40F2N6O/c1-20(16-26(30)31)33-28-32-17-24-25(19-37(27(24)34-28)23-8-10-29(2,38)11-9-23)22-6-4-21(5-7-22)18-36-14-12-35(3)13-15-36/h4-7,17,19-20,23,26,38H,8-16,18H2,1-3H3,(H,32,33,34)/t20-,23?,29?/m0/s1. The van der Waals surface area contributed by atoms with Crippen molar-refractivity contribution in [2.75, 3.05) is 38.5 Å². The van der Waals surface area contributed by atoms with E-state index < -0.39 is 18.1 Å². The Morgan fingerprint density at radius 1 is 1.11 bits per heavy atom. The molecule has 38 heavy (non-hydrogen) atoms. The maximum atomic E-state index is 12.9. The van der Waals surface area contributed by atoms with Crippen molar-refractivity contribution in [3.8, 4) is 11.1 Å². The zero-order chi connectivity index (χ0) is 26.9. The molecule has 7 nitrogen and oxygen atoms in total. The van der Waals surface area contributed by atoms with E-state index in [9.17, 15) is 13.9 Å². The molecule has 0 radical (unpaired) electrons. The first kappa shape index (κ1) is 27.0. The van der Waals surface area contributed by atoms with E-state index in [2.05, 4.69) is 62.2 Å². The molecule has 2 aliphatic rings. The predicted molar refractivity (Wildman–Crippen MR) is 148 cm³/mol. The van der Waals surface area contributed by atoms with Gasteiger partial charge >= 0.3 is 0 Å². The number of rotatable bonds is 8. The SMILES string of the molecule is C[C@@H](CC(F)F)Nc1ncc2c(-c3ccc(CN4CCN(C)CC4)cc3)cn(C3CCC(C)(O)CC3)c2n1. The number of halogens is 2. The van der Waals surface area contributed by atoms with Crippen molar-refractivity contribution in [1.82, 2.24) is 24.3 Å². The fourth-order valence-electron chi connectivity index (χ4n) is 5.71. The number of hydrogen-bond acceptors (Lipinski definition) is 6. The van der Waals surface area contributed by atoms with Gasteiger partial charge in [0.2, 0.25) is 12.4 Å². The molecule has 9 heteroatoms. The quantitative estimate of drug-likeness (QED) is 0.422. The normalized spacial score (nSPS) is 24.2. The third-order valence-electron chi connectivity index (χ3n) is 8.17. The number of likely N-dealkylation sites (N-methyl/N-ethyl adjacent to an activating group) is 1. The van der Waals surface area contributed by atoms with Gasteiger partial charge < -0.3 is 19.9 Å². The molecule has 3 aromatic rings. The van der Waals surface area contributed by atoms with E-state index in [-0.39, 0.29) is 12.5 Å². The Balaban J connectivity index is 1.43. The molecule has 1 aliphatic carbocycles. The molecule has 1 aromatic carbocycles. The minimum Gasteiger partial charge on any atom is -0.390 e. The molecule has 0 spiro atoms. The predicted octanol–water partition coefficient (Wildman–Crippen LogP) is 5.17. The Morgan fingerprint density at radius 2 is 1.79 bits per heavy atom. The van der Waals surface area contributed by atoms with E-state index in [0.717, 1.165) is 80.6 Å². The van der Waals surface area contributed by atoms with Crippen LogP contribution in [0.2, 0.25) is 0 Å². The van der Waals surface area contributed by atoms with Crippen LogP contribution in [-0.4, -0.2) is 80.7 Å². The van der Waals surface area contributed by atoms with Gasteiger partial charge in [0.05, 0.1) is 5.60 Å². The lowest BCUT2D eigenvalue weighted by Gasteiger charge is -2.34. The van der Waals surface area contributed by atoms with Crippen molar-refractivity contribution in [3.63, 3.8) is 0 Å². The topological polar surface area (TPSA) is 69.5 Å². The van der Waals surface area contributed by atoms with Crippen LogP contribution in [0, 0.1) is 0 Å². The smallest absolute Gasteiger partial charge is 0.240 e. The Bertz CT molecular complexity index is 1210. The van der Waals surface area contributed by atoms with Crippen LogP contribution in [0.1, 0.15) is 57.6 Å². The number of piperazine rings is 1. The number of nitrogens with one attached hydrogen (secondary N) is 1. The van der Waals surface area contributed by atoms with Gasteiger partial charge in [0, 0.05) is 74.6 Å². The molecule has 2 aromatic heterocycles. The molecule has 1 atom stereocenters. The van der Waals surface area contributed by atoms with E-state index in [1.807, 2.05) is 13.1 Å². The second kappa shape index (κ2) is 11.2. The Kier molecular flexibility index (Phi) is 7.98. The number of hydrogen-bond donors (Lipinski definition) is 2. The second-order valence-electron chi connectivity index (χ2n) is 11.6. The molecule has 1 aliphatic heterocycles. The monoisotopic (exact) mass is 526 g/mol. The van der Waals surface area contributed by atoms with Gasteiger partial charge in [-0.15, -0.1) is 0 Å². The average Bonchev–Trinajstić information content (AvgIpc) is 3.24. The van der Waals surface area contributed by atoms with E-state index in [1.54, 1.807) is 6.92 Å². The van der Waals surface area contributed by atoms with Crippen LogP contribution in [0.4, 0.5) is 14.7 Å². The molecule has 1 saturated heterocycles. The summed E-state index contributed by atoms with van der Waals surface area (Å²) in [4.78, 5) is 14.2. The van der Waals surface area contributed by atoms with Crippen molar-refractivity contribution in [2.45, 2.75) is 76.6 Å². The van der Waals surface area contributed by atoms with Gasteiger partial charge in [0.15, 0.2) is 0 Å². The Labute approximate surface area is 223 Å².